The first-order valence-electron chi connectivity index (χ1n) is 9.90. The van der Waals surface area contributed by atoms with Gasteiger partial charge in [-0.1, -0.05) is 19.1 Å². The number of likely N-dealkylation sites (N-methyl/N-ethyl adjacent to an activating group) is 1. The van der Waals surface area contributed by atoms with Crippen molar-refractivity contribution in [3.8, 4) is 11.5 Å². The minimum absolute atomic E-state index is 0.138. The van der Waals surface area contributed by atoms with Crippen LogP contribution in [0, 0.1) is 6.92 Å². The Labute approximate surface area is 166 Å². The highest BCUT2D eigenvalue weighted by Gasteiger charge is 2.25. The third-order valence-electron chi connectivity index (χ3n) is 5.33. The Kier molecular flexibility index (Phi) is 7.01. The van der Waals surface area contributed by atoms with Crippen molar-refractivity contribution in [2.45, 2.75) is 39.3 Å². The highest BCUT2D eigenvalue weighted by Crippen LogP contribution is 2.26. The van der Waals surface area contributed by atoms with Gasteiger partial charge < -0.3 is 9.84 Å². The molecular formula is C22H29N3O3. The molecule has 2 aromatic rings. The maximum atomic E-state index is 11.0. The van der Waals surface area contributed by atoms with Crippen molar-refractivity contribution in [3.63, 3.8) is 0 Å². The number of aromatic nitrogens is 1. The van der Waals surface area contributed by atoms with Crippen LogP contribution < -0.4 is 4.74 Å². The van der Waals surface area contributed by atoms with Crippen LogP contribution in [0.5, 0.6) is 11.5 Å². The standard InChI is InChI=1S/C22H29N3O3/c1-3-25(16-22(26)27)19-8-11-24(12-9-19)15-18-6-7-21(17(2)13-18)28-20-5-4-10-23-14-20/h4-7,10,13-14,19H,3,8-9,11-12,15-16H2,1-2H3,(H,26,27). The van der Waals surface area contributed by atoms with Crippen molar-refractivity contribution in [2.75, 3.05) is 26.2 Å². The molecule has 1 aliphatic heterocycles. The van der Waals surface area contributed by atoms with E-state index < -0.39 is 5.97 Å². The average molecular weight is 383 g/mol. The molecule has 0 amide bonds. The normalized spacial score (nSPS) is 15.7. The first kappa shape index (κ1) is 20.3. The number of aryl methyl sites for hydroxylation is 1. The molecule has 1 saturated heterocycles. The number of aliphatic carboxylic acids is 1. The predicted molar refractivity (Wildman–Crippen MR) is 109 cm³/mol. The summed E-state index contributed by atoms with van der Waals surface area (Å²) in [5.41, 5.74) is 2.38. The Morgan fingerprint density at radius 3 is 2.71 bits per heavy atom. The van der Waals surface area contributed by atoms with Crippen LogP contribution in [-0.2, 0) is 11.3 Å². The Balaban J connectivity index is 1.54. The summed E-state index contributed by atoms with van der Waals surface area (Å²) in [6.45, 7) is 7.92. The summed E-state index contributed by atoms with van der Waals surface area (Å²) >= 11 is 0. The molecule has 6 heteroatoms. The molecule has 0 spiro atoms. The summed E-state index contributed by atoms with van der Waals surface area (Å²) in [5.74, 6) is 0.846. The van der Waals surface area contributed by atoms with Crippen LogP contribution in [0.15, 0.2) is 42.7 Å². The summed E-state index contributed by atoms with van der Waals surface area (Å²) in [6.07, 6.45) is 5.47. The van der Waals surface area contributed by atoms with Gasteiger partial charge >= 0.3 is 5.97 Å². The van der Waals surface area contributed by atoms with E-state index in [4.69, 9.17) is 9.84 Å². The van der Waals surface area contributed by atoms with Gasteiger partial charge in [0.2, 0.25) is 0 Å². The summed E-state index contributed by atoms with van der Waals surface area (Å²) in [4.78, 5) is 19.6. The fourth-order valence-electron chi connectivity index (χ4n) is 3.83. The molecule has 1 fully saturated rings. The van der Waals surface area contributed by atoms with E-state index in [0.717, 1.165) is 56.1 Å². The van der Waals surface area contributed by atoms with Gasteiger partial charge in [0.1, 0.15) is 11.5 Å². The molecule has 0 radical (unpaired) electrons. The topological polar surface area (TPSA) is 65.9 Å². The Morgan fingerprint density at radius 1 is 1.32 bits per heavy atom. The number of piperidine rings is 1. The zero-order valence-corrected chi connectivity index (χ0v) is 16.7. The number of nitrogens with zero attached hydrogens (tertiary/aromatic N) is 3. The number of carbonyl (C=O) groups is 1. The fourth-order valence-corrected chi connectivity index (χ4v) is 3.83. The first-order valence-corrected chi connectivity index (χ1v) is 9.90. The number of ether oxygens (including phenoxy) is 1. The molecule has 1 N–H and O–H groups in total. The number of benzene rings is 1. The molecule has 6 nitrogen and oxygen atoms in total. The van der Waals surface area contributed by atoms with Gasteiger partial charge in [-0.3, -0.25) is 19.6 Å². The zero-order valence-electron chi connectivity index (χ0n) is 16.7. The molecule has 0 bridgehead atoms. The number of pyridine rings is 1. The lowest BCUT2D eigenvalue weighted by Crippen LogP contribution is -2.46. The van der Waals surface area contributed by atoms with Crippen molar-refractivity contribution >= 4 is 5.97 Å². The second-order valence-corrected chi connectivity index (χ2v) is 7.35. The van der Waals surface area contributed by atoms with E-state index in [2.05, 4.69) is 33.8 Å². The third kappa shape index (κ3) is 5.53. The van der Waals surface area contributed by atoms with Crippen molar-refractivity contribution in [1.82, 2.24) is 14.8 Å². The van der Waals surface area contributed by atoms with Gasteiger partial charge in [0.05, 0.1) is 12.7 Å². The number of likely N-dealkylation sites (tertiary alicyclic amines) is 1. The van der Waals surface area contributed by atoms with Crippen LogP contribution in [0.25, 0.3) is 0 Å². The average Bonchev–Trinajstić information content (AvgIpc) is 2.69. The van der Waals surface area contributed by atoms with E-state index >= 15 is 0 Å². The molecule has 0 unspecified atom stereocenters. The lowest BCUT2D eigenvalue weighted by atomic mass is 10.0. The summed E-state index contributed by atoms with van der Waals surface area (Å²) < 4.78 is 5.91. The molecule has 28 heavy (non-hydrogen) atoms. The minimum Gasteiger partial charge on any atom is -0.480 e. The van der Waals surface area contributed by atoms with Crippen molar-refractivity contribution in [3.05, 3.63) is 53.9 Å². The lowest BCUT2D eigenvalue weighted by molar-refractivity contribution is -0.139. The van der Waals surface area contributed by atoms with E-state index in [1.807, 2.05) is 25.1 Å². The number of hydrogen-bond donors (Lipinski definition) is 1. The second kappa shape index (κ2) is 9.66. The van der Waals surface area contributed by atoms with Crippen LogP contribution in [0.2, 0.25) is 0 Å². The quantitative estimate of drug-likeness (QED) is 0.752. The molecule has 1 aromatic carbocycles. The maximum Gasteiger partial charge on any atom is 0.317 e. The van der Waals surface area contributed by atoms with Gasteiger partial charge in [0.15, 0.2) is 0 Å². The maximum absolute atomic E-state index is 11.0. The van der Waals surface area contributed by atoms with Crippen LogP contribution in [0.1, 0.15) is 30.9 Å². The number of hydrogen-bond acceptors (Lipinski definition) is 5. The molecule has 0 saturated carbocycles. The van der Waals surface area contributed by atoms with E-state index in [-0.39, 0.29) is 6.54 Å². The van der Waals surface area contributed by atoms with Crippen LogP contribution in [0.3, 0.4) is 0 Å². The van der Waals surface area contributed by atoms with Crippen LogP contribution in [0.4, 0.5) is 0 Å². The summed E-state index contributed by atoms with van der Waals surface area (Å²) in [6, 6.07) is 10.5. The SMILES string of the molecule is CCN(CC(=O)O)C1CCN(Cc2ccc(Oc3cccnc3)c(C)c2)CC1. The molecule has 1 aliphatic rings. The van der Waals surface area contributed by atoms with E-state index in [9.17, 15) is 4.79 Å². The highest BCUT2D eigenvalue weighted by molar-refractivity contribution is 5.69. The monoisotopic (exact) mass is 383 g/mol. The van der Waals surface area contributed by atoms with Gasteiger partial charge in [-0.05, 0) is 68.7 Å². The van der Waals surface area contributed by atoms with Crippen LogP contribution >= 0.6 is 0 Å². The second-order valence-electron chi connectivity index (χ2n) is 7.35. The molecular weight excluding hydrogens is 354 g/mol. The Morgan fingerprint density at radius 2 is 2.11 bits per heavy atom. The van der Waals surface area contributed by atoms with Gasteiger partial charge in [0, 0.05) is 18.8 Å². The third-order valence-corrected chi connectivity index (χ3v) is 5.33. The number of carboxylic acid groups (broad SMARTS) is 1. The molecule has 0 atom stereocenters. The molecule has 1 aromatic heterocycles. The lowest BCUT2D eigenvalue weighted by Gasteiger charge is -2.37. The predicted octanol–water partition coefficient (Wildman–Crippen LogP) is 3.55. The highest BCUT2D eigenvalue weighted by atomic mass is 16.5. The largest absolute Gasteiger partial charge is 0.480 e. The Bertz CT molecular complexity index is 774. The van der Waals surface area contributed by atoms with Crippen LogP contribution in [-0.4, -0.2) is 58.1 Å². The smallest absolute Gasteiger partial charge is 0.317 e. The molecule has 150 valence electrons. The van der Waals surface area contributed by atoms with Gasteiger partial charge in [-0.25, -0.2) is 0 Å². The molecule has 2 heterocycles. The molecule has 0 aliphatic carbocycles. The van der Waals surface area contributed by atoms with Crippen molar-refractivity contribution in [1.29, 1.82) is 0 Å². The summed E-state index contributed by atoms with van der Waals surface area (Å²) in [5, 5.41) is 9.07. The number of rotatable bonds is 8. The zero-order chi connectivity index (χ0) is 19.9. The first-order chi connectivity index (χ1) is 13.5. The molecule has 3 rings (SSSR count). The van der Waals surface area contributed by atoms with Crippen molar-refractivity contribution < 1.29 is 14.6 Å². The van der Waals surface area contributed by atoms with Gasteiger partial charge in [-0.15, -0.1) is 0 Å². The van der Waals surface area contributed by atoms with Gasteiger partial charge in [-0.2, -0.15) is 0 Å². The van der Waals surface area contributed by atoms with E-state index in [0.29, 0.717) is 6.04 Å². The summed E-state index contributed by atoms with van der Waals surface area (Å²) in [7, 11) is 0. The Hall–Kier alpha value is -2.44. The number of carboxylic acids is 1. The van der Waals surface area contributed by atoms with Crippen molar-refractivity contribution in [2.24, 2.45) is 0 Å². The van der Waals surface area contributed by atoms with E-state index in [1.54, 1.807) is 12.4 Å². The fraction of sp³-hybridized carbons (Fsp3) is 0.455. The minimum atomic E-state index is -0.742. The van der Waals surface area contributed by atoms with E-state index in [1.165, 1.54) is 5.56 Å². The van der Waals surface area contributed by atoms with Gasteiger partial charge in [0.25, 0.3) is 0 Å².